The third-order valence-corrected chi connectivity index (χ3v) is 13.2. The van der Waals surface area contributed by atoms with Crippen molar-refractivity contribution in [2.24, 2.45) is 0 Å². The highest BCUT2D eigenvalue weighted by Crippen LogP contribution is 2.26. The minimum absolute atomic E-state index is 0.0492. The Hall–Kier alpha value is -3.06. The first-order valence-electron chi connectivity index (χ1n) is 29.0. The van der Waals surface area contributed by atoms with Crippen molar-refractivity contribution in [3.63, 3.8) is 0 Å². The number of allylic oxidation sites excluding steroid dienone is 6. The number of unbranched alkanes of at least 4 members (excludes halogenated alkanes) is 29. The Labute approximate surface area is 431 Å². The quantitative estimate of drug-likeness (QED) is 0.0228. The van der Waals surface area contributed by atoms with Crippen LogP contribution in [0.3, 0.4) is 0 Å². The van der Waals surface area contributed by atoms with Crippen LogP contribution in [-0.4, -0.2) is 89.2 Å². The number of esters is 3. The second-order valence-corrected chi connectivity index (χ2v) is 19.9. The highest BCUT2D eigenvalue weighted by atomic mass is 16.7. The maximum absolute atomic E-state index is 13.0. The van der Waals surface area contributed by atoms with Crippen molar-refractivity contribution in [1.29, 1.82) is 0 Å². The van der Waals surface area contributed by atoms with Gasteiger partial charge >= 0.3 is 23.9 Å². The van der Waals surface area contributed by atoms with Gasteiger partial charge in [0.2, 0.25) is 0 Å². The molecule has 0 radical (unpaired) electrons. The van der Waals surface area contributed by atoms with Crippen LogP contribution in [0.5, 0.6) is 0 Å². The molecule has 12 nitrogen and oxygen atoms in total. The second-order valence-electron chi connectivity index (χ2n) is 19.9. The number of carboxylic acid groups (broad SMARTS) is 1. The predicted octanol–water partition coefficient (Wildman–Crippen LogP) is 14.5. The minimum atomic E-state index is -1.90. The summed E-state index contributed by atoms with van der Waals surface area (Å²) in [6.45, 7) is 5.94. The molecule has 1 rings (SSSR count). The fourth-order valence-corrected chi connectivity index (χ4v) is 8.73. The molecule has 412 valence electrons. The van der Waals surface area contributed by atoms with Gasteiger partial charge in [0.25, 0.3) is 0 Å². The van der Waals surface area contributed by atoms with Crippen molar-refractivity contribution in [3.05, 3.63) is 36.5 Å². The van der Waals surface area contributed by atoms with Gasteiger partial charge in [0.05, 0.1) is 6.61 Å². The van der Waals surface area contributed by atoms with Crippen LogP contribution in [0.1, 0.15) is 265 Å². The molecule has 0 amide bonds. The van der Waals surface area contributed by atoms with E-state index < -0.39 is 67.3 Å². The van der Waals surface area contributed by atoms with Crippen LogP contribution in [0.4, 0.5) is 0 Å². The van der Waals surface area contributed by atoms with Crippen LogP contribution in [0, 0.1) is 0 Å². The summed E-state index contributed by atoms with van der Waals surface area (Å²) in [6, 6.07) is 0. The van der Waals surface area contributed by atoms with E-state index in [2.05, 4.69) is 57.2 Å². The average Bonchev–Trinajstić information content (AvgIpc) is 3.35. The van der Waals surface area contributed by atoms with Gasteiger partial charge in [-0.1, -0.05) is 224 Å². The number of aliphatic hydroxyl groups is 2. The Morgan fingerprint density at radius 1 is 0.465 bits per heavy atom. The second kappa shape index (κ2) is 47.9. The molecule has 0 bridgehead atoms. The summed E-state index contributed by atoms with van der Waals surface area (Å²) in [5, 5.41) is 31.4. The Morgan fingerprint density at radius 2 is 0.845 bits per heavy atom. The van der Waals surface area contributed by atoms with E-state index in [-0.39, 0.29) is 25.9 Å². The zero-order valence-electron chi connectivity index (χ0n) is 45.2. The number of hydrogen-bond donors (Lipinski definition) is 3. The maximum atomic E-state index is 13.0. The number of rotatable bonds is 49. The first-order chi connectivity index (χ1) is 34.6. The summed E-state index contributed by atoms with van der Waals surface area (Å²) in [6.07, 6.45) is 42.7. The first-order valence-corrected chi connectivity index (χ1v) is 29.0. The molecule has 3 N–H and O–H groups in total. The highest BCUT2D eigenvalue weighted by molar-refractivity contribution is 5.74. The molecule has 1 saturated heterocycles. The fraction of sp³-hybridized carbons (Fsp3) is 0.831. The van der Waals surface area contributed by atoms with Crippen LogP contribution in [-0.2, 0) is 42.9 Å². The number of carboxylic acids is 1. The highest BCUT2D eigenvalue weighted by Gasteiger charge is 2.50. The Kier molecular flexibility index (Phi) is 44.5. The van der Waals surface area contributed by atoms with Crippen molar-refractivity contribution in [2.75, 3.05) is 13.2 Å². The molecule has 71 heavy (non-hydrogen) atoms. The molecule has 1 aliphatic heterocycles. The van der Waals surface area contributed by atoms with Gasteiger partial charge in [-0.2, -0.15) is 0 Å². The predicted molar refractivity (Wildman–Crippen MR) is 285 cm³/mol. The van der Waals surface area contributed by atoms with E-state index in [1.807, 2.05) is 0 Å². The molecular weight excluding hydrogens is 901 g/mol. The average molecular weight is 1010 g/mol. The molecule has 0 saturated carbocycles. The van der Waals surface area contributed by atoms with Crippen molar-refractivity contribution >= 4 is 23.9 Å². The topological polar surface area (TPSA) is 175 Å². The molecular formula is C59H104O12. The molecule has 12 heteroatoms. The third-order valence-electron chi connectivity index (χ3n) is 13.2. The van der Waals surface area contributed by atoms with E-state index >= 15 is 0 Å². The number of ether oxygens (including phenoxy) is 5. The molecule has 6 atom stereocenters. The van der Waals surface area contributed by atoms with Crippen molar-refractivity contribution in [1.82, 2.24) is 0 Å². The fourth-order valence-electron chi connectivity index (χ4n) is 8.73. The van der Waals surface area contributed by atoms with Gasteiger partial charge in [-0.3, -0.25) is 14.4 Å². The summed E-state index contributed by atoms with van der Waals surface area (Å²) < 4.78 is 28.3. The van der Waals surface area contributed by atoms with Crippen LogP contribution in [0.15, 0.2) is 36.5 Å². The lowest BCUT2D eigenvalue weighted by atomic mass is 9.98. The van der Waals surface area contributed by atoms with Crippen LogP contribution < -0.4 is 0 Å². The summed E-state index contributed by atoms with van der Waals surface area (Å²) in [4.78, 5) is 50.9. The SMILES string of the molecule is CCCCC/C=C\C/C=C\C/C=C\CCCCCCCCC(=O)OC1C(OCC(COC(=O)CCCCCCCCCCCCCCC)OC(=O)CCCCCCCCCCC)OC(C(=O)O)C(O)C1O. The van der Waals surface area contributed by atoms with Crippen LogP contribution in [0.25, 0.3) is 0 Å². The monoisotopic (exact) mass is 1000 g/mol. The molecule has 6 unspecified atom stereocenters. The minimum Gasteiger partial charge on any atom is -0.479 e. The standard InChI is InChI=1S/C59H104O12/c1-4-7-10-13-16-19-21-23-24-25-26-27-28-30-32-35-38-41-44-47-53(62)70-57-55(64)54(63)56(58(65)66)71-59(57)68-49-50(69-52(61)46-43-40-37-33-18-15-12-9-6-3)48-67-51(60)45-42-39-36-34-31-29-22-20-17-14-11-8-5-2/h16,19,23-24,26-27,50,54-57,59,63-64H,4-15,17-18,20-22,25,28-49H2,1-3H3,(H,65,66)/b19-16-,24-23-,27-26-. The Morgan fingerprint density at radius 3 is 1.31 bits per heavy atom. The lowest BCUT2D eigenvalue weighted by molar-refractivity contribution is -0.301. The Bertz CT molecular complexity index is 1380. The molecule has 1 aliphatic rings. The van der Waals surface area contributed by atoms with Crippen LogP contribution >= 0.6 is 0 Å². The van der Waals surface area contributed by atoms with Gasteiger partial charge in [-0.25, -0.2) is 4.79 Å². The van der Waals surface area contributed by atoms with Crippen molar-refractivity contribution < 1.29 is 58.2 Å². The largest absolute Gasteiger partial charge is 0.479 e. The summed E-state index contributed by atoms with van der Waals surface area (Å²) >= 11 is 0. The van der Waals surface area contributed by atoms with Crippen molar-refractivity contribution in [3.8, 4) is 0 Å². The van der Waals surface area contributed by atoms with Gasteiger partial charge in [-0.15, -0.1) is 0 Å². The Balaban J connectivity index is 2.65. The van der Waals surface area contributed by atoms with E-state index in [4.69, 9.17) is 23.7 Å². The number of carbonyl (C=O) groups excluding carboxylic acids is 3. The number of carbonyl (C=O) groups is 4. The summed E-state index contributed by atoms with van der Waals surface area (Å²) in [7, 11) is 0. The van der Waals surface area contributed by atoms with E-state index in [9.17, 15) is 34.5 Å². The zero-order chi connectivity index (χ0) is 51.8. The number of hydrogen-bond acceptors (Lipinski definition) is 11. The van der Waals surface area contributed by atoms with Gasteiger partial charge in [-0.05, 0) is 57.8 Å². The molecule has 1 heterocycles. The first kappa shape index (κ1) is 66.0. The normalized spacial score (nSPS) is 18.7. The molecule has 0 spiro atoms. The lowest BCUT2D eigenvalue weighted by Gasteiger charge is -2.40. The van der Waals surface area contributed by atoms with Crippen LogP contribution in [0.2, 0.25) is 0 Å². The summed E-state index contributed by atoms with van der Waals surface area (Å²) in [5.74, 6) is -3.12. The van der Waals surface area contributed by atoms with Gasteiger partial charge in [0, 0.05) is 19.3 Å². The molecule has 0 aromatic heterocycles. The maximum Gasteiger partial charge on any atom is 0.335 e. The van der Waals surface area contributed by atoms with E-state index in [0.717, 1.165) is 89.9 Å². The number of aliphatic hydroxyl groups excluding tert-OH is 2. The molecule has 0 aliphatic carbocycles. The zero-order valence-corrected chi connectivity index (χ0v) is 45.2. The molecule has 1 fully saturated rings. The van der Waals surface area contributed by atoms with Gasteiger partial charge in [0.1, 0.15) is 18.8 Å². The van der Waals surface area contributed by atoms with Gasteiger partial charge < -0.3 is 39.0 Å². The molecule has 0 aromatic carbocycles. The van der Waals surface area contributed by atoms with E-state index in [1.54, 1.807) is 0 Å². The molecule has 0 aromatic rings. The van der Waals surface area contributed by atoms with E-state index in [0.29, 0.717) is 19.3 Å². The van der Waals surface area contributed by atoms with E-state index in [1.165, 1.54) is 116 Å². The smallest absolute Gasteiger partial charge is 0.335 e. The van der Waals surface area contributed by atoms with Gasteiger partial charge in [0.15, 0.2) is 24.6 Å². The lowest BCUT2D eigenvalue weighted by Crippen LogP contribution is -2.61. The number of aliphatic carboxylic acids is 1. The van der Waals surface area contributed by atoms with Crippen molar-refractivity contribution in [2.45, 2.75) is 302 Å². The third kappa shape index (κ3) is 38.2. The summed E-state index contributed by atoms with van der Waals surface area (Å²) in [5.41, 5.74) is 0.